The Morgan fingerprint density at radius 1 is 1.62 bits per heavy atom. The van der Waals surface area contributed by atoms with Crippen molar-refractivity contribution in [3.63, 3.8) is 0 Å². The van der Waals surface area contributed by atoms with Crippen molar-refractivity contribution in [3.05, 3.63) is 29.6 Å². The van der Waals surface area contributed by atoms with Crippen molar-refractivity contribution >= 4 is 0 Å². The van der Waals surface area contributed by atoms with Crippen LogP contribution in [-0.2, 0) is 0 Å². The summed E-state index contributed by atoms with van der Waals surface area (Å²) < 4.78 is 0. The number of pyridine rings is 1. The largest absolute Gasteiger partial charge is 0.271 e. The third-order valence-corrected chi connectivity index (χ3v) is 2.20. The van der Waals surface area contributed by atoms with Crippen molar-refractivity contribution in [2.45, 2.75) is 32.7 Å². The van der Waals surface area contributed by atoms with Gasteiger partial charge in [0.05, 0.1) is 0 Å². The predicted molar refractivity (Wildman–Crippen MR) is 53.9 cm³/mol. The molecule has 3 nitrogen and oxygen atoms in total. The summed E-state index contributed by atoms with van der Waals surface area (Å²) >= 11 is 0. The van der Waals surface area contributed by atoms with E-state index in [2.05, 4.69) is 23.4 Å². The first-order chi connectivity index (χ1) is 6.29. The van der Waals surface area contributed by atoms with E-state index in [1.54, 1.807) is 6.20 Å². The predicted octanol–water partition coefficient (Wildman–Crippen LogP) is 1.69. The smallest absolute Gasteiger partial charge is 0.0477 e. The molecule has 3 N–H and O–H groups in total. The van der Waals surface area contributed by atoms with Crippen LogP contribution in [0.2, 0.25) is 0 Å². The summed E-state index contributed by atoms with van der Waals surface area (Å²) in [4.78, 5) is 4.23. The van der Waals surface area contributed by atoms with Gasteiger partial charge in [-0.15, -0.1) is 0 Å². The van der Waals surface area contributed by atoms with E-state index in [-0.39, 0.29) is 6.04 Å². The fourth-order valence-corrected chi connectivity index (χ4v) is 1.48. The van der Waals surface area contributed by atoms with Crippen LogP contribution >= 0.6 is 0 Å². The lowest BCUT2D eigenvalue weighted by molar-refractivity contribution is 0.506. The zero-order valence-corrected chi connectivity index (χ0v) is 8.25. The van der Waals surface area contributed by atoms with Gasteiger partial charge in [-0.25, -0.2) is 0 Å². The first-order valence-corrected chi connectivity index (χ1v) is 4.67. The van der Waals surface area contributed by atoms with Crippen LogP contribution in [-0.4, -0.2) is 4.98 Å². The molecule has 1 unspecified atom stereocenters. The summed E-state index contributed by atoms with van der Waals surface area (Å²) in [7, 11) is 0. The number of nitrogens with one attached hydrogen (secondary N) is 1. The molecule has 0 bridgehead atoms. The molecule has 1 aromatic rings. The molecule has 0 fully saturated rings. The van der Waals surface area contributed by atoms with Gasteiger partial charge in [-0.3, -0.25) is 16.3 Å². The molecule has 72 valence electrons. The quantitative estimate of drug-likeness (QED) is 0.546. The number of hydrogen-bond acceptors (Lipinski definition) is 3. The van der Waals surface area contributed by atoms with E-state index in [1.807, 2.05) is 13.0 Å². The van der Waals surface area contributed by atoms with E-state index in [0.29, 0.717) is 0 Å². The van der Waals surface area contributed by atoms with Crippen LogP contribution in [0.15, 0.2) is 18.3 Å². The molecule has 1 aromatic heterocycles. The molecule has 0 radical (unpaired) electrons. The number of hydrazine groups is 1. The van der Waals surface area contributed by atoms with Crippen LogP contribution < -0.4 is 11.3 Å². The maximum atomic E-state index is 5.48. The van der Waals surface area contributed by atoms with E-state index >= 15 is 0 Å². The van der Waals surface area contributed by atoms with Crippen molar-refractivity contribution in [1.82, 2.24) is 10.4 Å². The molecule has 1 heterocycles. The van der Waals surface area contributed by atoms with E-state index in [4.69, 9.17) is 5.84 Å². The Labute approximate surface area is 79.3 Å². The SMILES string of the molecule is CCCC(NN)c1cccnc1C. The van der Waals surface area contributed by atoms with Gasteiger partial charge in [-0.1, -0.05) is 19.4 Å². The molecule has 0 spiro atoms. The zero-order chi connectivity index (χ0) is 9.68. The average Bonchev–Trinajstić information content (AvgIpc) is 2.16. The molecule has 0 aliphatic carbocycles. The van der Waals surface area contributed by atoms with Gasteiger partial charge >= 0.3 is 0 Å². The van der Waals surface area contributed by atoms with E-state index < -0.39 is 0 Å². The maximum absolute atomic E-state index is 5.48. The number of nitrogens with zero attached hydrogens (tertiary/aromatic N) is 1. The lowest BCUT2D eigenvalue weighted by atomic mass is 10.0. The summed E-state index contributed by atoms with van der Waals surface area (Å²) in [6, 6.07) is 4.25. The van der Waals surface area contributed by atoms with Gasteiger partial charge in [0.2, 0.25) is 0 Å². The van der Waals surface area contributed by atoms with Crippen molar-refractivity contribution in [1.29, 1.82) is 0 Å². The zero-order valence-electron chi connectivity index (χ0n) is 8.25. The van der Waals surface area contributed by atoms with Crippen molar-refractivity contribution in [2.24, 2.45) is 5.84 Å². The highest BCUT2D eigenvalue weighted by atomic mass is 15.2. The highest BCUT2D eigenvalue weighted by molar-refractivity contribution is 5.22. The van der Waals surface area contributed by atoms with Crippen molar-refractivity contribution in [2.75, 3.05) is 0 Å². The van der Waals surface area contributed by atoms with E-state index in [0.717, 1.165) is 18.5 Å². The normalized spacial score (nSPS) is 12.8. The molecule has 0 saturated carbocycles. The highest BCUT2D eigenvalue weighted by Crippen LogP contribution is 2.19. The maximum Gasteiger partial charge on any atom is 0.0477 e. The van der Waals surface area contributed by atoms with Crippen LogP contribution in [0, 0.1) is 6.92 Å². The Balaban J connectivity index is 2.84. The van der Waals surface area contributed by atoms with Crippen LogP contribution in [0.4, 0.5) is 0 Å². The number of hydrogen-bond donors (Lipinski definition) is 2. The number of nitrogens with two attached hydrogens (primary N) is 1. The summed E-state index contributed by atoms with van der Waals surface area (Å²) in [6.45, 7) is 4.16. The van der Waals surface area contributed by atoms with E-state index in [9.17, 15) is 0 Å². The first-order valence-electron chi connectivity index (χ1n) is 4.67. The Morgan fingerprint density at radius 3 is 2.92 bits per heavy atom. The minimum Gasteiger partial charge on any atom is -0.271 e. The van der Waals surface area contributed by atoms with Crippen LogP contribution in [0.5, 0.6) is 0 Å². The van der Waals surface area contributed by atoms with Gasteiger partial charge < -0.3 is 0 Å². The Kier molecular flexibility index (Phi) is 3.86. The molecule has 13 heavy (non-hydrogen) atoms. The van der Waals surface area contributed by atoms with Crippen LogP contribution in [0.3, 0.4) is 0 Å². The molecule has 0 aliphatic rings. The van der Waals surface area contributed by atoms with Crippen LogP contribution in [0.25, 0.3) is 0 Å². The fraction of sp³-hybridized carbons (Fsp3) is 0.500. The second kappa shape index (κ2) is 4.94. The molecule has 0 aliphatic heterocycles. The van der Waals surface area contributed by atoms with Gasteiger partial charge in [-0.2, -0.15) is 0 Å². The Hall–Kier alpha value is -0.930. The molecule has 1 atom stereocenters. The Morgan fingerprint density at radius 2 is 2.38 bits per heavy atom. The minimum atomic E-state index is 0.235. The fourth-order valence-electron chi connectivity index (χ4n) is 1.48. The summed E-state index contributed by atoms with van der Waals surface area (Å²) in [6.07, 6.45) is 3.96. The second-order valence-electron chi connectivity index (χ2n) is 3.19. The van der Waals surface area contributed by atoms with Crippen LogP contribution in [0.1, 0.15) is 37.1 Å². The topological polar surface area (TPSA) is 50.9 Å². The summed E-state index contributed by atoms with van der Waals surface area (Å²) in [5.41, 5.74) is 5.08. The third-order valence-electron chi connectivity index (χ3n) is 2.20. The number of aryl methyl sites for hydroxylation is 1. The molecule has 3 heteroatoms. The van der Waals surface area contributed by atoms with Crippen molar-refractivity contribution < 1.29 is 0 Å². The molecule has 0 amide bonds. The average molecular weight is 179 g/mol. The molecule has 0 aromatic carbocycles. The molecular weight excluding hydrogens is 162 g/mol. The van der Waals surface area contributed by atoms with Gasteiger partial charge in [0.25, 0.3) is 0 Å². The molecule has 0 saturated heterocycles. The third kappa shape index (κ3) is 2.50. The summed E-state index contributed by atoms with van der Waals surface area (Å²) in [5, 5.41) is 0. The van der Waals surface area contributed by atoms with Gasteiger partial charge in [0.15, 0.2) is 0 Å². The summed E-state index contributed by atoms with van der Waals surface area (Å²) in [5.74, 6) is 5.48. The van der Waals surface area contributed by atoms with E-state index in [1.165, 1.54) is 5.56 Å². The van der Waals surface area contributed by atoms with Gasteiger partial charge in [-0.05, 0) is 25.0 Å². The van der Waals surface area contributed by atoms with Gasteiger partial charge in [0.1, 0.15) is 0 Å². The van der Waals surface area contributed by atoms with Crippen molar-refractivity contribution in [3.8, 4) is 0 Å². The Bertz CT molecular complexity index is 260. The number of rotatable bonds is 4. The lowest BCUT2D eigenvalue weighted by Gasteiger charge is -2.16. The molecular formula is C10H17N3. The monoisotopic (exact) mass is 179 g/mol. The molecule has 1 rings (SSSR count). The first kappa shape index (κ1) is 10.2. The van der Waals surface area contributed by atoms with Gasteiger partial charge in [0, 0.05) is 17.9 Å². The lowest BCUT2D eigenvalue weighted by Crippen LogP contribution is -2.28. The minimum absolute atomic E-state index is 0.235. The standard InChI is InChI=1S/C10H17N3/c1-3-5-10(13-11)9-6-4-7-12-8(9)2/h4,6-7,10,13H,3,5,11H2,1-2H3. The number of aromatic nitrogens is 1. The highest BCUT2D eigenvalue weighted by Gasteiger charge is 2.10. The second-order valence-corrected chi connectivity index (χ2v) is 3.19.